The van der Waals surface area contributed by atoms with Crippen molar-refractivity contribution >= 4 is 27.5 Å². The van der Waals surface area contributed by atoms with E-state index < -0.39 is 0 Å². The number of carbonyl (C=O) groups excluding carboxylic acids is 1. The van der Waals surface area contributed by atoms with E-state index in [-0.39, 0.29) is 11.4 Å². The molecule has 2 fully saturated rings. The van der Waals surface area contributed by atoms with Gasteiger partial charge in [-0.15, -0.1) is 11.3 Å². The summed E-state index contributed by atoms with van der Waals surface area (Å²) in [6, 6.07) is 8.23. The second kappa shape index (κ2) is 9.51. The molecular formula is C22H34N4O2S+2. The Morgan fingerprint density at radius 3 is 2.76 bits per heavy atom. The average Bonchev–Trinajstić information content (AvgIpc) is 3.15. The number of fused-ring (bicyclic) bond motifs is 1. The molecule has 2 heterocycles. The lowest BCUT2D eigenvalue weighted by molar-refractivity contribution is -0.960. The molecule has 29 heavy (non-hydrogen) atoms. The smallest absolute Gasteiger partial charge is 0.275 e. The van der Waals surface area contributed by atoms with Crippen LogP contribution in [0.1, 0.15) is 37.1 Å². The molecule has 0 bridgehead atoms. The van der Waals surface area contributed by atoms with E-state index in [4.69, 9.17) is 9.72 Å². The predicted octanol–water partition coefficient (Wildman–Crippen LogP) is 0.0452. The number of hydrogen-bond donors (Lipinski definition) is 3. The zero-order chi connectivity index (χ0) is 20.1. The number of quaternary nitrogens is 2. The largest absolute Gasteiger partial charge is 0.370 e. The van der Waals surface area contributed by atoms with Gasteiger partial charge in [-0.3, -0.25) is 4.79 Å². The van der Waals surface area contributed by atoms with Crippen LogP contribution in [0.25, 0.3) is 10.2 Å². The summed E-state index contributed by atoms with van der Waals surface area (Å²) in [5.74, 6) is 0.154. The van der Waals surface area contributed by atoms with Crippen LogP contribution in [0.5, 0.6) is 0 Å². The van der Waals surface area contributed by atoms with Gasteiger partial charge in [-0.05, 0) is 25.0 Å². The molecule has 1 aromatic carbocycles. The van der Waals surface area contributed by atoms with Gasteiger partial charge in [0.1, 0.15) is 30.2 Å². The van der Waals surface area contributed by atoms with Crippen molar-refractivity contribution in [2.45, 2.75) is 44.2 Å². The summed E-state index contributed by atoms with van der Waals surface area (Å²) >= 11 is 1.73. The molecule has 0 radical (unpaired) electrons. The minimum Gasteiger partial charge on any atom is -0.370 e. The van der Waals surface area contributed by atoms with Crippen LogP contribution in [-0.2, 0) is 16.1 Å². The minimum absolute atomic E-state index is 0.154. The highest BCUT2D eigenvalue weighted by Gasteiger charge is 2.42. The van der Waals surface area contributed by atoms with Gasteiger partial charge < -0.3 is 19.9 Å². The Balaban J connectivity index is 1.30. The van der Waals surface area contributed by atoms with Gasteiger partial charge in [-0.25, -0.2) is 4.98 Å². The first-order valence-electron chi connectivity index (χ1n) is 11.0. The molecule has 7 heteroatoms. The van der Waals surface area contributed by atoms with Crippen LogP contribution in [0.3, 0.4) is 0 Å². The minimum atomic E-state index is 0.154. The van der Waals surface area contributed by atoms with Gasteiger partial charge in [0.05, 0.1) is 37.0 Å². The van der Waals surface area contributed by atoms with Crippen LogP contribution in [0.4, 0.5) is 0 Å². The molecular weight excluding hydrogens is 384 g/mol. The maximum atomic E-state index is 12.7. The average molecular weight is 419 g/mol. The van der Waals surface area contributed by atoms with E-state index in [2.05, 4.69) is 24.5 Å². The van der Waals surface area contributed by atoms with Crippen LogP contribution in [0.15, 0.2) is 24.3 Å². The summed E-state index contributed by atoms with van der Waals surface area (Å²) in [4.78, 5) is 20.2. The van der Waals surface area contributed by atoms with Crippen LogP contribution in [0, 0.1) is 0 Å². The number of benzene rings is 1. The second-order valence-electron chi connectivity index (χ2n) is 8.72. The molecule has 6 nitrogen and oxygen atoms in total. The van der Waals surface area contributed by atoms with Crippen molar-refractivity contribution in [2.24, 2.45) is 0 Å². The van der Waals surface area contributed by atoms with Crippen molar-refractivity contribution in [1.29, 1.82) is 0 Å². The molecule has 158 valence electrons. The van der Waals surface area contributed by atoms with Gasteiger partial charge in [-0.2, -0.15) is 0 Å². The summed E-state index contributed by atoms with van der Waals surface area (Å²) in [5, 5.41) is 4.39. The molecule has 0 spiro atoms. The molecule has 1 amide bonds. The highest BCUT2D eigenvalue weighted by Crippen LogP contribution is 2.25. The first-order chi connectivity index (χ1) is 14.1. The van der Waals surface area contributed by atoms with Crippen molar-refractivity contribution in [3.05, 3.63) is 29.3 Å². The number of aromatic nitrogens is 1. The Morgan fingerprint density at radius 1 is 1.24 bits per heavy atom. The zero-order valence-corrected chi connectivity index (χ0v) is 18.3. The van der Waals surface area contributed by atoms with Gasteiger partial charge in [0.2, 0.25) is 0 Å². The highest BCUT2D eigenvalue weighted by atomic mass is 32.1. The first kappa shape index (κ1) is 20.7. The molecule has 1 aliphatic carbocycles. The number of nitrogens with zero attached hydrogens (tertiary/aromatic N) is 1. The van der Waals surface area contributed by atoms with Crippen LogP contribution in [0.2, 0.25) is 0 Å². The standard InChI is InChI=1S/C22H32N4O2S/c1-25(16-21-24-18-7-3-4-8-19(18)29-21)15-20(27)23-17-22(9-5-2-6-10-22)26-11-13-28-14-12-26/h3-4,7-8H,2,5-6,9-17H2,1H3,(H,23,27)/p+2. The van der Waals surface area contributed by atoms with E-state index in [0.29, 0.717) is 6.54 Å². The Bertz CT molecular complexity index is 779. The lowest BCUT2D eigenvalue weighted by atomic mass is 9.79. The summed E-state index contributed by atoms with van der Waals surface area (Å²) in [5.41, 5.74) is 1.26. The Labute approximate surface area is 177 Å². The summed E-state index contributed by atoms with van der Waals surface area (Å²) in [7, 11) is 2.08. The fourth-order valence-electron chi connectivity index (χ4n) is 4.95. The molecule has 1 aromatic heterocycles. The first-order valence-corrected chi connectivity index (χ1v) is 11.8. The van der Waals surface area contributed by atoms with Gasteiger partial charge in [0.25, 0.3) is 5.91 Å². The van der Waals surface area contributed by atoms with Crippen LogP contribution < -0.4 is 15.1 Å². The number of ether oxygens (including phenoxy) is 1. The molecule has 2 aromatic rings. The van der Waals surface area contributed by atoms with E-state index in [0.717, 1.165) is 49.9 Å². The number of rotatable bonds is 7. The van der Waals surface area contributed by atoms with Crippen molar-refractivity contribution < 1.29 is 19.3 Å². The Kier molecular flexibility index (Phi) is 6.80. The lowest BCUT2D eigenvalue weighted by Gasteiger charge is -2.45. The van der Waals surface area contributed by atoms with Crippen molar-refractivity contribution in [3.8, 4) is 0 Å². The number of hydrogen-bond acceptors (Lipinski definition) is 4. The fourth-order valence-corrected chi connectivity index (χ4v) is 6.03. The van der Waals surface area contributed by atoms with Gasteiger partial charge >= 0.3 is 0 Å². The van der Waals surface area contributed by atoms with E-state index in [1.807, 2.05) is 12.1 Å². The quantitative estimate of drug-likeness (QED) is 0.595. The van der Waals surface area contributed by atoms with E-state index in [1.54, 1.807) is 16.2 Å². The number of amides is 1. The zero-order valence-electron chi connectivity index (χ0n) is 17.5. The highest BCUT2D eigenvalue weighted by molar-refractivity contribution is 7.18. The van der Waals surface area contributed by atoms with E-state index in [9.17, 15) is 4.79 Å². The van der Waals surface area contributed by atoms with Crippen LogP contribution >= 0.6 is 11.3 Å². The summed E-state index contributed by atoms with van der Waals surface area (Å²) < 4.78 is 6.79. The molecule has 4 rings (SSSR count). The second-order valence-corrected chi connectivity index (χ2v) is 9.83. The summed E-state index contributed by atoms with van der Waals surface area (Å²) in [6.45, 7) is 5.91. The lowest BCUT2D eigenvalue weighted by Crippen LogP contribution is -3.23. The normalized spacial score (nSPS) is 21.1. The number of morpholine rings is 1. The Morgan fingerprint density at radius 2 is 2.00 bits per heavy atom. The third kappa shape index (κ3) is 5.15. The van der Waals surface area contributed by atoms with Crippen molar-refractivity contribution in [2.75, 3.05) is 46.4 Å². The molecule has 1 unspecified atom stereocenters. The molecule has 1 saturated carbocycles. The fraction of sp³-hybridized carbons (Fsp3) is 0.636. The number of carbonyl (C=O) groups is 1. The third-order valence-electron chi connectivity index (χ3n) is 6.53. The van der Waals surface area contributed by atoms with Crippen LogP contribution in [-0.4, -0.2) is 62.9 Å². The molecule has 1 atom stereocenters. The maximum Gasteiger partial charge on any atom is 0.275 e. The van der Waals surface area contributed by atoms with Gasteiger partial charge in [0.15, 0.2) is 6.54 Å². The Hall–Kier alpha value is -1.54. The number of para-hydroxylation sites is 1. The molecule has 1 aliphatic heterocycles. The molecule has 3 N–H and O–H groups in total. The molecule has 1 saturated heterocycles. The van der Waals surface area contributed by atoms with E-state index >= 15 is 0 Å². The maximum absolute atomic E-state index is 12.7. The number of likely N-dealkylation sites (N-methyl/N-ethyl adjacent to an activating group) is 1. The van der Waals surface area contributed by atoms with Crippen molar-refractivity contribution in [1.82, 2.24) is 10.3 Å². The monoisotopic (exact) mass is 418 g/mol. The van der Waals surface area contributed by atoms with E-state index in [1.165, 1.54) is 41.7 Å². The summed E-state index contributed by atoms with van der Waals surface area (Å²) in [6.07, 6.45) is 6.33. The van der Waals surface area contributed by atoms with Gasteiger partial charge in [-0.1, -0.05) is 18.6 Å². The number of thiazole rings is 1. The van der Waals surface area contributed by atoms with Gasteiger partial charge in [0, 0.05) is 12.8 Å². The number of nitrogens with one attached hydrogen (secondary N) is 3. The molecule has 2 aliphatic rings. The predicted molar refractivity (Wildman–Crippen MR) is 115 cm³/mol. The SMILES string of the molecule is C[NH+](CC(=O)NCC1([NH+]2CCOCC2)CCCCC1)Cc1nc2ccccc2s1. The third-order valence-corrected chi connectivity index (χ3v) is 7.57. The van der Waals surface area contributed by atoms with Crippen molar-refractivity contribution in [3.63, 3.8) is 0 Å². The topological polar surface area (TPSA) is 60.1 Å².